The molecule has 0 unspecified atom stereocenters. The minimum Gasteiger partial charge on any atom is -0.408 e. The first-order chi connectivity index (χ1) is 7.72. The third-order valence-electron chi connectivity index (χ3n) is 2.70. The standard InChI is InChI=1S/C12H16N2O2/c1-3-13-7-6-9-4-5-11-10(8-9)14(2)12(15)16-11/h4-5,8,13H,3,6-7H2,1-2H3. The van der Waals surface area contributed by atoms with Crippen LogP contribution in [0.25, 0.3) is 11.1 Å². The molecule has 4 nitrogen and oxygen atoms in total. The molecule has 0 spiro atoms. The molecule has 1 aromatic heterocycles. The van der Waals surface area contributed by atoms with Crippen LogP contribution in [-0.4, -0.2) is 17.7 Å². The first-order valence-electron chi connectivity index (χ1n) is 5.51. The average Bonchev–Trinajstić information content (AvgIpc) is 2.56. The predicted octanol–water partition coefficient (Wildman–Crippen LogP) is 1.28. The number of aromatic nitrogens is 1. The van der Waals surface area contributed by atoms with Crippen molar-refractivity contribution >= 4 is 11.1 Å². The Morgan fingerprint density at radius 2 is 2.25 bits per heavy atom. The second-order valence-electron chi connectivity index (χ2n) is 3.83. The molecule has 0 aliphatic rings. The predicted molar refractivity (Wildman–Crippen MR) is 63.7 cm³/mol. The van der Waals surface area contributed by atoms with Crippen LogP contribution in [0.1, 0.15) is 12.5 Å². The molecule has 1 N–H and O–H groups in total. The molecule has 1 heterocycles. The van der Waals surface area contributed by atoms with E-state index >= 15 is 0 Å². The van der Waals surface area contributed by atoms with Crippen LogP contribution in [-0.2, 0) is 13.5 Å². The Hall–Kier alpha value is -1.55. The fraction of sp³-hybridized carbons (Fsp3) is 0.417. The van der Waals surface area contributed by atoms with E-state index in [4.69, 9.17) is 4.42 Å². The molecule has 1 aromatic carbocycles. The van der Waals surface area contributed by atoms with Crippen molar-refractivity contribution in [2.24, 2.45) is 7.05 Å². The van der Waals surface area contributed by atoms with E-state index in [0.29, 0.717) is 5.58 Å². The zero-order chi connectivity index (χ0) is 11.5. The molecule has 0 radical (unpaired) electrons. The summed E-state index contributed by atoms with van der Waals surface area (Å²) in [5.74, 6) is -0.307. The van der Waals surface area contributed by atoms with E-state index in [1.54, 1.807) is 7.05 Å². The number of benzene rings is 1. The Bertz CT molecular complexity index is 539. The highest BCUT2D eigenvalue weighted by Crippen LogP contribution is 2.14. The summed E-state index contributed by atoms with van der Waals surface area (Å²) in [6.45, 7) is 4.02. The minimum absolute atomic E-state index is 0.307. The molecule has 2 rings (SSSR count). The molecule has 4 heteroatoms. The van der Waals surface area contributed by atoms with Gasteiger partial charge in [0.05, 0.1) is 5.52 Å². The number of hydrogen-bond donors (Lipinski definition) is 1. The van der Waals surface area contributed by atoms with Crippen molar-refractivity contribution < 1.29 is 4.42 Å². The van der Waals surface area contributed by atoms with E-state index in [9.17, 15) is 4.79 Å². The third kappa shape index (κ3) is 2.02. The van der Waals surface area contributed by atoms with Gasteiger partial charge in [-0.1, -0.05) is 13.0 Å². The number of nitrogens with one attached hydrogen (secondary N) is 1. The zero-order valence-corrected chi connectivity index (χ0v) is 9.62. The van der Waals surface area contributed by atoms with Crippen molar-refractivity contribution in [1.82, 2.24) is 9.88 Å². The van der Waals surface area contributed by atoms with Gasteiger partial charge in [-0.3, -0.25) is 4.57 Å². The molecule has 0 fully saturated rings. The van der Waals surface area contributed by atoms with Crippen molar-refractivity contribution in [3.63, 3.8) is 0 Å². The van der Waals surface area contributed by atoms with Gasteiger partial charge >= 0.3 is 5.76 Å². The molecular formula is C12H16N2O2. The van der Waals surface area contributed by atoms with Crippen molar-refractivity contribution in [2.75, 3.05) is 13.1 Å². The van der Waals surface area contributed by atoms with Crippen LogP contribution in [0, 0.1) is 0 Å². The summed E-state index contributed by atoms with van der Waals surface area (Å²) in [5.41, 5.74) is 2.73. The van der Waals surface area contributed by atoms with Gasteiger partial charge in [0.25, 0.3) is 0 Å². The normalized spacial score (nSPS) is 11.1. The van der Waals surface area contributed by atoms with Gasteiger partial charge in [-0.05, 0) is 37.2 Å². The topological polar surface area (TPSA) is 47.2 Å². The maximum absolute atomic E-state index is 11.3. The molecule has 0 atom stereocenters. The van der Waals surface area contributed by atoms with Gasteiger partial charge in [0, 0.05) is 7.05 Å². The molecule has 16 heavy (non-hydrogen) atoms. The number of rotatable bonds is 4. The lowest BCUT2D eigenvalue weighted by atomic mass is 10.1. The number of nitrogens with zero attached hydrogens (tertiary/aromatic N) is 1. The number of aryl methyl sites for hydroxylation is 1. The van der Waals surface area contributed by atoms with Gasteiger partial charge in [-0.15, -0.1) is 0 Å². The van der Waals surface area contributed by atoms with E-state index in [1.165, 1.54) is 10.1 Å². The third-order valence-corrected chi connectivity index (χ3v) is 2.70. The Balaban J connectivity index is 2.28. The summed E-state index contributed by atoms with van der Waals surface area (Å²) >= 11 is 0. The molecule has 0 saturated carbocycles. The van der Waals surface area contributed by atoms with Crippen LogP contribution >= 0.6 is 0 Å². The van der Waals surface area contributed by atoms with E-state index < -0.39 is 0 Å². The summed E-state index contributed by atoms with van der Waals surface area (Å²) in [6.07, 6.45) is 0.961. The molecule has 0 aliphatic heterocycles. The number of oxazole rings is 1. The van der Waals surface area contributed by atoms with Crippen molar-refractivity contribution in [1.29, 1.82) is 0 Å². The molecule has 0 amide bonds. The van der Waals surface area contributed by atoms with Crippen molar-refractivity contribution in [3.05, 3.63) is 34.3 Å². The summed E-state index contributed by atoms with van der Waals surface area (Å²) in [5, 5.41) is 3.27. The first kappa shape index (κ1) is 11.0. The van der Waals surface area contributed by atoms with Gasteiger partial charge in [-0.2, -0.15) is 0 Å². The summed E-state index contributed by atoms with van der Waals surface area (Å²) in [7, 11) is 1.72. The number of hydrogen-bond acceptors (Lipinski definition) is 3. The van der Waals surface area contributed by atoms with Crippen molar-refractivity contribution in [2.45, 2.75) is 13.3 Å². The second kappa shape index (κ2) is 4.53. The Kier molecular flexibility index (Phi) is 3.10. The molecular weight excluding hydrogens is 204 g/mol. The lowest BCUT2D eigenvalue weighted by Gasteiger charge is -2.02. The van der Waals surface area contributed by atoms with Crippen LogP contribution in [0.15, 0.2) is 27.4 Å². The van der Waals surface area contributed by atoms with E-state index in [1.807, 2.05) is 18.2 Å². The first-order valence-corrected chi connectivity index (χ1v) is 5.51. The van der Waals surface area contributed by atoms with Crippen LogP contribution in [0.4, 0.5) is 0 Å². The average molecular weight is 220 g/mol. The van der Waals surface area contributed by atoms with Gasteiger partial charge < -0.3 is 9.73 Å². The highest BCUT2D eigenvalue weighted by molar-refractivity contribution is 5.73. The maximum Gasteiger partial charge on any atom is 0.419 e. The van der Waals surface area contributed by atoms with E-state index in [2.05, 4.69) is 12.2 Å². The summed E-state index contributed by atoms with van der Waals surface area (Å²) in [4.78, 5) is 11.3. The molecule has 0 bridgehead atoms. The Morgan fingerprint density at radius 1 is 1.44 bits per heavy atom. The van der Waals surface area contributed by atoms with Crippen LogP contribution < -0.4 is 11.1 Å². The SMILES string of the molecule is CCNCCc1ccc2oc(=O)n(C)c2c1. The summed E-state index contributed by atoms with van der Waals surface area (Å²) < 4.78 is 6.60. The molecule has 86 valence electrons. The number of fused-ring (bicyclic) bond motifs is 1. The van der Waals surface area contributed by atoms with Gasteiger partial charge in [0.15, 0.2) is 5.58 Å². The van der Waals surface area contributed by atoms with Crippen LogP contribution in [0.3, 0.4) is 0 Å². The second-order valence-corrected chi connectivity index (χ2v) is 3.83. The van der Waals surface area contributed by atoms with E-state index in [0.717, 1.165) is 25.0 Å². The van der Waals surface area contributed by atoms with Crippen LogP contribution in [0.2, 0.25) is 0 Å². The Labute approximate surface area is 93.9 Å². The smallest absolute Gasteiger partial charge is 0.408 e. The van der Waals surface area contributed by atoms with Gasteiger partial charge in [0.1, 0.15) is 0 Å². The largest absolute Gasteiger partial charge is 0.419 e. The van der Waals surface area contributed by atoms with Gasteiger partial charge in [0.2, 0.25) is 0 Å². The highest BCUT2D eigenvalue weighted by Gasteiger charge is 2.05. The summed E-state index contributed by atoms with van der Waals surface area (Å²) in [6, 6.07) is 5.87. The fourth-order valence-electron chi connectivity index (χ4n) is 1.74. The fourth-order valence-corrected chi connectivity index (χ4v) is 1.74. The molecule has 0 saturated heterocycles. The quantitative estimate of drug-likeness (QED) is 0.790. The number of likely N-dealkylation sites (N-methyl/N-ethyl adjacent to an activating group) is 1. The minimum atomic E-state index is -0.307. The lowest BCUT2D eigenvalue weighted by Crippen LogP contribution is -2.16. The lowest BCUT2D eigenvalue weighted by molar-refractivity contribution is 0.528. The molecule has 2 aromatic rings. The Morgan fingerprint density at radius 3 is 3.00 bits per heavy atom. The maximum atomic E-state index is 11.3. The van der Waals surface area contributed by atoms with Gasteiger partial charge in [-0.25, -0.2) is 4.79 Å². The highest BCUT2D eigenvalue weighted by atomic mass is 16.4. The molecule has 0 aliphatic carbocycles. The monoisotopic (exact) mass is 220 g/mol. The van der Waals surface area contributed by atoms with Crippen LogP contribution in [0.5, 0.6) is 0 Å². The van der Waals surface area contributed by atoms with E-state index in [-0.39, 0.29) is 5.76 Å². The van der Waals surface area contributed by atoms with Crippen molar-refractivity contribution in [3.8, 4) is 0 Å². The zero-order valence-electron chi connectivity index (χ0n) is 9.62.